The molecule has 0 aromatic heterocycles. The topological polar surface area (TPSA) is 280 Å². The molecule has 0 bridgehead atoms. The van der Waals surface area contributed by atoms with E-state index >= 15 is 0 Å². The van der Waals surface area contributed by atoms with Gasteiger partial charge in [0.15, 0.2) is 0 Å². The minimum atomic E-state index is 0.576. The minimum Gasteiger partial charge on any atom is -0.330 e. The van der Waals surface area contributed by atoms with E-state index in [-0.39, 0.29) is 0 Å². The summed E-state index contributed by atoms with van der Waals surface area (Å²) in [7, 11) is 0. The molecule has 3 aliphatic rings. The van der Waals surface area contributed by atoms with Crippen LogP contribution < -0.4 is 67.6 Å². The van der Waals surface area contributed by atoms with Crippen molar-refractivity contribution >= 4 is 0 Å². The third-order valence-corrected chi connectivity index (χ3v) is 12.4. The van der Waals surface area contributed by atoms with Gasteiger partial charge in [0, 0.05) is 62.4 Å². The van der Waals surface area contributed by atoms with Crippen LogP contribution in [0.5, 0.6) is 0 Å². The second-order valence-electron chi connectivity index (χ2n) is 16.9. The van der Waals surface area contributed by atoms with Crippen LogP contribution in [0.2, 0.25) is 0 Å². The van der Waals surface area contributed by atoms with Crippen molar-refractivity contribution in [2.45, 2.75) is 200 Å². The van der Waals surface area contributed by atoms with E-state index in [9.17, 15) is 0 Å². The van der Waals surface area contributed by atoms with Gasteiger partial charge >= 0.3 is 0 Å². The second kappa shape index (κ2) is 53.4. The second-order valence-corrected chi connectivity index (χ2v) is 16.9. The van der Waals surface area contributed by atoms with Gasteiger partial charge in [-0.2, -0.15) is 0 Å². The lowest BCUT2D eigenvalue weighted by Gasteiger charge is -2.45. The molecule has 0 heterocycles. The highest BCUT2D eigenvalue weighted by molar-refractivity contribution is 4.91. The van der Waals surface area contributed by atoms with Crippen LogP contribution in [0.4, 0.5) is 0 Å². The molecular formula is C49H119N15. The highest BCUT2D eigenvalue weighted by Crippen LogP contribution is 2.28. The van der Waals surface area contributed by atoms with Crippen molar-refractivity contribution in [2.75, 3.05) is 118 Å². The zero-order valence-corrected chi connectivity index (χ0v) is 43.7. The van der Waals surface area contributed by atoms with Crippen LogP contribution in [0.15, 0.2) is 0 Å². The van der Waals surface area contributed by atoms with Gasteiger partial charge in [-0.1, -0.05) is 80.1 Å². The van der Waals surface area contributed by atoms with E-state index in [0.29, 0.717) is 42.8 Å². The molecule has 6 unspecified atom stereocenters. The van der Waals surface area contributed by atoms with E-state index in [1.807, 2.05) is 41.5 Å². The van der Waals surface area contributed by atoms with Crippen LogP contribution in [-0.4, -0.2) is 169 Å². The molecule has 3 aliphatic carbocycles. The van der Waals surface area contributed by atoms with Crippen molar-refractivity contribution in [3.8, 4) is 0 Å². The molecule has 0 radical (unpaired) electrons. The molecule has 0 spiro atoms. The van der Waals surface area contributed by atoms with E-state index in [0.717, 1.165) is 156 Å². The Balaban J connectivity index is -0.000000838. The Morgan fingerprint density at radius 3 is 0.891 bits per heavy atom. The number of hydrogen-bond acceptors (Lipinski definition) is 15. The van der Waals surface area contributed by atoms with Crippen LogP contribution in [0.25, 0.3) is 0 Å². The average molecular weight is 919 g/mol. The van der Waals surface area contributed by atoms with Crippen LogP contribution in [0.1, 0.15) is 164 Å². The molecule has 3 fully saturated rings. The molecule has 0 aromatic carbocycles. The fraction of sp³-hybridized carbons (Fsp3) is 1.00. The van der Waals surface area contributed by atoms with Gasteiger partial charge in [-0.05, 0) is 175 Å². The van der Waals surface area contributed by atoms with Crippen LogP contribution in [0.3, 0.4) is 0 Å². The van der Waals surface area contributed by atoms with Crippen molar-refractivity contribution in [2.24, 2.45) is 51.6 Å². The number of hydrogen-bond donors (Lipinski definition) is 12. The first kappa shape index (κ1) is 67.7. The highest BCUT2D eigenvalue weighted by atomic mass is 15.2. The molecule has 3 rings (SSSR count). The molecule has 0 aliphatic heterocycles. The van der Waals surface area contributed by atoms with Gasteiger partial charge in [0.2, 0.25) is 0 Å². The van der Waals surface area contributed by atoms with E-state index in [2.05, 4.69) is 30.7 Å². The predicted octanol–water partition coefficient (Wildman–Crippen LogP) is 3.01. The summed E-state index contributed by atoms with van der Waals surface area (Å²) in [4.78, 5) is 7.86. The van der Waals surface area contributed by atoms with Gasteiger partial charge in [-0.15, -0.1) is 0 Å². The summed E-state index contributed by atoms with van der Waals surface area (Å²) in [6.45, 7) is 28.3. The van der Waals surface area contributed by atoms with Crippen molar-refractivity contribution < 1.29 is 0 Å². The largest absolute Gasteiger partial charge is 0.330 e. The Kier molecular flexibility index (Phi) is 56.4. The minimum absolute atomic E-state index is 0.576. The van der Waals surface area contributed by atoms with Crippen molar-refractivity contribution in [1.82, 2.24) is 30.7 Å². The fourth-order valence-corrected chi connectivity index (χ4v) is 9.37. The standard InChI is InChI=1S/C18H42N6.C13H31N5.C12H28N4.3C2H6/c19-9-3-13-23(14-4-10-20)17-7-1-2-8-18(17)24(15-5-11-21)16-6-12-22;14-6-3-10-18(11-8-16)13-5-2-1-4-12(13)17-9-7-15;13-7-3-9-15-11-5-1-2-6-12(11)16-10-4-8-14;3*1-2/h17-18H,1-16,19-22H2;12-13,17H,1-11,14-16H2;11-12,15-16H,1-10,13-14H2;3*1-2H3. The molecule has 6 atom stereocenters. The summed E-state index contributed by atoms with van der Waals surface area (Å²) in [5.74, 6) is 0. The Morgan fingerprint density at radius 1 is 0.297 bits per heavy atom. The maximum Gasteiger partial charge on any atom is 0.0251 e. The molecule has 390 valence electrons. The highest BCUT2D eigenvalue weighted by Gasteiger charge is 2.33. The summed E-state index contributed by atoms with van der Waals surface area (Å²) >= 11 is 0. The fourth-order valence-electron chi connectivity index (χ4n) is 9.37. The molecule has 64 heavy (non-hydrogen) atoms. The zero-order valence-electron chi connectivity index (χ0n) is 43.7. The molecule has 0 amide bonds. The van der Waals surface area contributed by atoms with Gasteiger partial charge in [-0.3, -0.25) is 14.7 Å². The smallest absolute Gasteiger partial charge is 0.0251 e. The van der Waals surface area contributed by atoms with E-state index in [4.69, 9.17) is 51.6 Å². The molecule has 21 N–H and O–H groups in total. The first-order valence-electron chi connectivity index (χ1n) is 27.2. The quantitative estimate of drug-likeness (QED) is 0.0446. The SMILES string of the molecule is CC.CC.CC.NCCCN(CCCN)C1CCCCC1N(CCCN)CCCN.NCCCN(CCN)C1CCCCC1NCCN.NCCCNC1CCCCC1NCCCN. The Hall–Kier alpha value is -0.600. The summed E-state index contributed by atoms with van der Waals surface area (Å²) in [5, 5.41) is 10.8. The van der Waals surface area contributed by atoms with Gasteiger partial charge in [0.1, 0.15) is 0 Å². The summed E-state index contributed by atoms with van der Waals surface area (Å²) in [6, 6.07) is 3.72. The normalized spacial score (nSPS) is 21.8. The number of rotatable bonds is 31. The molecule has 15 nitrogen and oxygen atoms in total. The lowest BCUT2D eigenvalue weighted by molar-refractivity contribution is 0.0457. The summed E-state index contributed by atoms with van der Waals surface area (Å²) < 4.78 is 0. The summed E-state index contributed by atoms with van der Waals surface area (Å²) in [6.07, 6.45) is 23.2. The van der Waals surface area contributed by atoms with Crippen LogP contribution >= 0.6 is 0 Å². The first-order chi connectivity index (χ1) is 31.5. The molecule has 0 aromatic rings. The zero-order chi connectivity index (χ0) is 48.5. The third-order valence-electron chi connectivity index (χ3n) is 12.4. The van der Waals surface area contributed by atoms with Gasteiger partial charge in [0.25, 0.3) is 0 Å². The lowest BCUT2D eigenvalue weighted by Crippen LogP contribution is -2.55. The maximum absolute atomic E-state index is 5.77. The van der Waals surface area contributed by atoms with Crippen LogP contribution in [-0.2, 0) is 0 Å². The van der Waals surface area contributed by atoms with Gasteiger partial charge in [0.05, 0.1) is 0 Å². The summed E-state index contributed by atoms with van der Waals surface area (Å²) in [5.41, 5.74) is 51.1. The van der Waals surface area contributed by atoms with Crippen molar-refractivity contribution in [3.05, 3.63) is 0 Å². The first-order valence-corrected chi connectivity index (χ1v) is 27.2. The maximum atomic E-state index is 5.77. The van der Waals surface area contributed by atoms with Gasteiger partial charge in [-0.25, -0.2) is 0 Å². The van der Waals surface area contributed by atoms with Crippen molar-refractivity contribution in [3.63, 3.8) is 0 Å². The average Bonchev–Trinajstić information content (AvgIpc) is 3.35. The molecule has 15 heteroatoms. The Bertz CT molecular complexity index is 801. The predicted molar refractivity (Wildman–Crippen MR) is 285 cm³/mol. The monoisotopic (exact) mass is 918 g/mol. The lowest BCUT2D eigenvalue weighted by atomic mass is 9.87. The van der Waals surface area contributed by atoms with Crippen LogP contribution in [0, 0.1) is 0 Å². The Labute approximate surface area is 398 Å². The van der Waals surface area contributed by atoms with Crippen molar-refractivity contribution in [1.29, 1.82) is 0 Å². The molecule has 3 saturated carbocycles. The number of nitrogens with one attached hydrogen (secondary N) is 3. The number of nitrogens with two attached hydrogens (primary N) is 9. The third kappa shape index (κ3) is 33.8. The van der Waals surface area contributed by atoms with Gasteiger partial charge < -0.3 is 67.6 Å². The Morgan fingerprint density at radius 2 is 0.578 bits per heavy atom. The number of nitrogens with zero attached hydrogens (tertiary/aromatic N) is 3. The molecule has 0 saturated heterocycles. The van der Waals surface area contributed by atoms with E-state index < -0.39 is 0 Å². The van der Waals surface area contributed by atoms with E-state index in [1.54, 1.807) is 0 Å². The van der Waals surface area contributed by atoms with E-state index in [1.165, 1.54) is 77.0 Å². The molecular weight excluding hydrogens is 799 g/mol.